The van der Waals surface area contributed by atoms with Crippen LogP contribution in [0.15, 0.2) is 11.6 Å². The van der Waals surface area contributed by atoms with Gasteiger partial charge in [0, 0.05) is 0 Å². The molecule has 0 aliphatic heterocycles. The van der Waals surface area contributed by atoms with Gasteiger partial charge < -0.3 is 9.84 Å². The van der Waals surface area contributed by atoms with Gasteiger partial charge in [0.1, 0.15) is 5.41 Å². The molecule has 0 aliphatic carbocycles. The Labute approximate surface area is 115 Å². The predicted octanol–water partition coefficient (Wildman–Crippen LogP) is 3.27. The SMILES string of the molecule is CCOC(=O)C(=CC(C)C)C(CC)(C(=O)O)C(C)C. The van der Waals surface area contributed by atoms with E-state index in [2.05, 4.69) is 0 Å². The molecule has 19 heavy (non-hydrogen) atoms. The third kappa shape index (κ3) is 3.82. The molecule has 0 aromatic carbocycles. The molecule has 1 N–H and O–H groups in total. The molecule has 1 atom stereocenters. The van der Waals surface area contributed by atoms with Crippen molar-refractivity contribution >= 4 is 11.9 Å². The highest BCUT2D eigenvalue weighted by atomic mass is 16.5. The van der Waals surface area contributed by atoms with E-state index in [1.807, 2.05) is 27.7 Å². The van der Waals surface area contributed by atoms with Gasteiger partial charge in [0.15, 0.2) is 0 Å². The molecule has 110 valence electrons. The van der Waals surface area contributed by atoms with Crippen molar-refractivity contribution in [3.63, 3.8) is 0 Å². The van der Waals surface area contributed by atoms with Gasteiger partial charge in [-0.3, -0.25) is 4.79 Å². The zero-order valence-electron chi connectivity index (χ0n) is 12.8. The van der Waals surface area contributed by atoms with E-state index in [4.69, 9.17) is 4.74 Å². The fourth-order valence-electron chi connectivity index (χ4n) is 2.36. The van der Waals surface area contributed by atoms with Gasteiger partial charge in [-0.05, 0) is 25.2 Å². The molecular weight excluding hydrogens is 244 g/mol. The molecule has 0 amide bonds. The summed E-state index contributed by atoms with van der Waals surface area (Å²) in [6.45, 7) is 11.2. The normalized spacial score (nSPS) is 15.5. The molecule has 0 rings (SSSR count). The Kier molecular flexibility index (Phi) is 6.81. The van der Waals surface area contributed by atoms with Crippen molar-refractivity contribution < 1.29 is 19.4 Å². The van der Waals surface area contributed by atoms with E-state index in [-0.39, 0.29) is 24.0 Å². The average molecular weight is 270 g/mol. The minimum absolute atomic E-state index is 0.0865. The van der Waals surface area contributed by atoms with Crippen LogP contribution in [0.1, 0.15) is 48.0 Å². The van der Waals surface area contributed by atoms with Gasteiger partial charge in [0.25, 0.3) is 0 Å². The minimum Gasteiger partial charge on any atom is -0.481 e. The first kappa shape index (κ1) is 17.7. The second-order valence-electron chi connectivity index (χ2n) is 5.33. The summed E-state index contributed by atoms with van der Waals surface area (Å²) in [6, 6.07) is 0. The topological polar surface area (TPSA) is 63.6 Å². The largest absolute Gasteiger partial charge is 0.481 e. The lowest BCUT2D eigenvalue weighted by Crippen LogP contribution is -2.41. The Balaban J connectivity index is 5.91. The fraction of sp³-hybridized carbons (Fsp3) is 0.733. The highest BCUT2D eigenvalue weighted by Crippen LogP contribution is 2.40. The molecule has 0 radical (unpaired) electrons. The molecule has 0 fully saturated rings. The number of ether oxygens (including phenoxy) is 1. The average Bonchev–Trinajstić information content (AvgIpc) is 2.28. The molecule has 0 aromatic heterocycles. The lowest BCUT2D eigenvalue weighted by atomic mass is 9.68. The van der Waals surface area contributed by atoms with E-state index in [1.165, 1.54) is 0 Å². The van der Waals surface area contributed by atoms with Gasteiger partial charge in [-0.1, -0.05) is 40.7 Å². The Morgan fingerprint density at radius 2 is 1.74 bits per heavy atom. The second kappa shape index (κ2) is 7.31. The summed E-state index contributed by atoms with van der Waals surface area (Å²) < 4.78 is 5.04. The molecule has 0 saturated heterocycles. The molecule has 0 aliphatic rings. The number of rotatable bonds is 7. The summed E-state index contributed by atoms with van der Waals surface area (Å²) >= 11 is 0. The van der Waals surface area contributed by atoms with E-state index in [1.54, 1.807) is 19.9 Å². The van der Waals surface area contributed by atoms with Gasteiger partial charge >= 0.3 is 11.9 Å². The number of carbonyl (C=O) groups is 2. The minimum atomic E-state index is -1.18. The van der Waals surface area contributed by atoms with Crippen molar-refractivity contribution in [1.82, 2.24) is 0 Å². The van der Waals surface area contributed by atoms with Crippen molar-refractivity contribution in [3.8, 4) is 0 Å². The number of carbonyl (C=O) groups excluding carboxylic acids is 1. The highest BCUT2D eigenvalue weighted by molar-refractivity contribution is 5.97. The molecule has 0 heterocycles. The van der Waals surface area contributed by atoms with Crippen LogP contribution in [0.5, 0.6) is 0 Å². The first-order chi connectivity index (χ1) is 8.73. The van der Waals surface area contributed by atoms with Crippen LogP contribution in [0.4, 0.5) is 0 Å². The second-order valence-corrected chi connectivity index (χ2v) is 5.33. The summed E-state index contributed by atoms with van der Waals surface area (Å²) in [5.41, 5.74) is -0.911. The number of aliphatic carboxylic acids is 1. The Morgan fingerprint density at radius 1 is 1.21 bits per heavy atom. The lowest BCUT2D eigenvalue weighted by Gasteiger charge is -2.34. The number of hydrogen-bond donors (Lipinski definition) is 1. The number of hydrogen-bond acceptors (Lipinski definition) is 3. The van der Waals surface area contributed by atoms with Crippen molar-refractivity contribution in [1.29, 1.82) is 0 Å². The molecule has 0 spiro atoms. The van der Waals surface area contributed by atoms with Gasteiger partial charge in [0.05, 0.1) is 12.2 Å². The van der Waals surface area contributed by atoms with Crippen LogP contribution in [0, 0.1) is 17.3 Å². The van der Waals surface area contributed by atoms with Crippen LogP contribution in [0.2, 0.25) is 0 Å². The van der Waals surface area contributed by atoms with Gasteiger partial charge in [-0.25, -0.2) is 4.79 Å². The summed E-state index contributed by atoms with van der Waals surface area (Å²) in [4.78, 5) is 23.9. The van der Waals surface area contributed by atoms with Crippen molar-refractivity contribution in [3.05, 3.63) is 11.6 Å². The van der Waals surface area contributed by atoms with E-state index < -0.39 is 17.4 Å². The molecule has 0 bridgehead atoms. The third-order valence-electron chi connectivity index (χ3n) is 3.40. The van der Waals surface area contributed by atoms with Crippen LogP contribution >= 0.6 is 0 Å². The zero-order valence-corrected chi connectivity index (χ0v) is 12.8. The molecular formula is C15H26O4. The van der Waals surface area contributed by atoms with Crippen LogP contribution in [0.25, 0.3) is 0 Å². The highest BCUT2D eigenvalue weighted by Gasteiger charge is 2.47. The molecule has 4 nitrogen and oxygen atoms in total. The van der Waals surface area contributed by atoms with Crippen LogP contribution < -0.4 is 0 Å². The van der Waals surface area contributed by atoms with Crippen LogP contribution in [-0.4, -0.2) is 23.7 Å². The Morgan fingerprint density at radius 3 is 2.00 bits per heavy atom. The van der Waals surface area contributed by atoms with Crippen LogP contribution in [0.3, 0.4) is 0 Å². The maximum absolute atomic E-state index is 12.1. The number of carboxylic acids is 1. The van der Waals surface area contributed by atoms with E-state index in [0.29, 0.717) is 6.42 Å². The van der Waals surface area contributed by atoms with E-state index >= 15 is 0 Å². The Hall–Kier alpha value is -1.32. The summed E-state index contributed by atoms with van der Waals surface area (Å²) in [5.74, 6) is -1.59. The van der Waals surface area contributed by atoms with Crippen molar-refractivity contribution in [2.45, 2.75) is 48.0 Å². The van der Waals surface area contributed by atoms with Crippen LogP contribution in [-0.2, 0) is 14.3 Å². The maximum Gasteiger partial charge on any atom is 0.334 e. The lowest BCUT2D eigenvalue weighted by molar-refractivity contribution is -0.154. The molecule has 0 aromatic rings. The quantitative estimate of drug-likeness (QED) is 0.569. The monoisotopic (exact) mass is 270 g/mol. The van der Waals surface area contributed by atoms with E-state index in [0.717, 1.165) is 0 Å². The number of allylic oxidation sites excluding steroid dienone is 1. The summed E-state index contributed by atoms with van der Waals surface area (Å²) in [6.07, 6.45) is 2.08. The van der Waals surface area contributed by atoms with Gasteiger partial charge in [0.2, 0.25) is 0 Å². The fourth-order valence-corrected chi connectivity index (χ4v) is 2.36. The zero-order chi connectivity index (χ0) is 15.2. The smallest absolute Gasteiger partial charge is 0.334 e. The summed E-state index contributed by atoms with van der Waals surface area (Å²) in [7, 11) is 0. The summed E-state index contributed by atoms with van der Waals surface area (Å²) in [5, 5.41) is 9.65. The third-order valence-corrected chi connectivity index (χ3v) is 3.40. The number of esters is 1. The molecule has 0 saturated carbocycles. The number of carboxylic acid groups (broad SMARTS) is 1. The van der Waals surface area contributed by atoms with Crippen molar-refractivity contribution in [2.24, 2.45) is 17.3 Å². The predicted molar refractivity (Wildman–Crippen MR) is 74.8 cm³/mol. The first-order valence-electron chi connectivity index (χ1n) is 6.86. The maximum atomic E-state index is 12.1. The van der Waals surface area contributed by atoms with Gasteiger partial charge in [-0.15, -0.1) is 0 Å². The molecule has 1 unspecified atom stereocenters. The standard InChI is InChI=1S/C15H26O4/c1-7-15(11(5)6,14(17)18)12(9-10(3)4)13(16)19-8-2/h9-11H,7-8H2,1-6H3,(H,17,18). The Bertz CT molecular complexity index is 355. The van der Waals surface area contributed by atoms with Gasteiger partial charge in [-0.2, -0.15) is 0 Å². The first-order valence-corrected chi connectivity index (χ1v) is 6.86. The van der Waals surface area contributed by atoms with E-state index in [9.17, 15) is 14.7 Å². The van der Waals surface area contributed by atoms with Crippen molar-refractivity contribution in [2.75, 3.05) is 6.61 Å². The molecule has 4 heteroatoms.